The van der Waals surface area contributed by atoms with E-state index >= 15 is 0 Å². The van der Waals surface area contributed by atoms with Crippen LogP contribution >= 0.6 is 34.9 Å². The number of hydrogen-bond acceptors (Lipinski definition) is 8. The van der Waals surface area contributed by atoms with Crippen LogP contribution in [0.3, 0.4) is 0 Å². The molecule has 2 rings (SSSR count). The molecule has 0 saturated heterocycles. The standard InChI is InChI=1S/C8H9N5S3/c1-4-10-5(9)3-6(11-4)15-8-13-12-7(14-2)16-8/h3H,1-2H3,(H2,9,10,11). The third-order valence-corrected chi connectivity index (χ3v) is 4.46. The van der Waals surface area contributed by atoms with Crippen LogP contribution in [0.1, 0.15) is 5.82 Å². The second-order valence-electron chi connectivity index (χ2n) is 2.82. The minimum atomic E-state index is 0.476. The van der Waals surface area contributed by atoms with Gasteiger partial charge in [-0.2, -0.15) is 0 Å². The van der Waals surface area contributed by atoms with Crippen molar-refractivity contribution in [3.8, 4) is 0 Å². The highest BCUT2D eigenvalue weighted by molar-refractivity contribution is 8.02. The molecule has 16 heavy (non-hydrogen) atoms. The molecule has 0 amide bonds. The smallest absolute Gasteiger partial charge is 0.181 e. The lowest BCUT2D eigenvalue weighted by Crippen LogP contribution is -1.96. The first-order chi connectivity index (χ1) is 7.67. The summed E-state index contributed by atoms with van der Waals surface area (Å²) in [5, 5.41) is 8.86. The van der Waals surface area contributed by atoms with E-state index in [1.807, 2.05) is 13.2 Å². The molecule has 8 heteroatoms. The molecule has 2 heterocycles. The van der Waals surface area contributed by atoms with Gasteiger partial charge in [-0.1, -0.05) is 23.1 Å². The maximum absolute atomic E-state index is 5.64. The van der Waals surface area contributed by atoms with Crippen LogP contribution in [-0.4, -0.2) is 26.4 Å². The lowest BCUT2D eigenvalue weighted by atomic mass is 10.5. The van der Waals surface area contributed by atoms with Gasteiger partial charge >= 0.3 is 0 Å². The minimum Gasteiger partial charge on any atom is -0.384 e. The summed E-state index contributed by atoms with van der Waals surface area (Å²) in [4.78, 5) is 8.28. The van der Waals surface area contributed by atoms with E-state index in [1.165, 1.54) is 11.8 Å². The van der Waals surface area contributed by atoms with E-state index in [0.717, 1.165) is 13.7 Å². The number of aryl methyl sites for hydroxylation is 1. The molecule has 0 aliphatic heterocycles. The highest BCUT2D eigenvalue weighted by Crippen LogP contribution is 2.32. The van der Waals surface area contributed by atoms with E-state index in [0.29, 0.717) is 11.6 Å². The van der Waals surface area contributed by atoms with Gasteiger partial charge in [-0.15, -0.1) is 10.2 Å². The molecule has 0 radical (unpaired) electrons. The van der Waals surface area contributed by atoms with Gasteiger partial charge in [-0.3, -0.25) is 0 Å². The van der Waals surface area contributed by atoms with Crippen LogP contribution < -0.4 is 5.73 Å². The normalized spacial score (nSPS) is 10.6. The lowest BCUT2D eigenvalue weighted by molar-refractivity contribution is 0.945. The van der Waals surface area contributed by atoms with E-state index < -0.39 is 0 Å². The molecule has 2 N–H and O–H groups in total. The SMILES string of the molecule is CSc1nnc(Sc2cc(N)nc(C)n2)s1. The predicted molar refractivity (Wildman–Crippen MR) is 67.0 cm³/mol. The van der Waals surface area contributed by atoms with Crippen LogP contribution in [0.15, 0.2) is 19.8 Å². The minimum absolute atomic E-state index is 0.476. The summed E-state index contributed by atoms with van der Waals surface area (Å²) in [6.07, 6.45) is 1.97. The summed E-state index contributed by atoms with van der Waals surface area (Å²) in [7, 11) is 0. The molecule has 0 spiro atoms. The van der Waals surface area contributed by atoms with Crippen LogP contribution in [0.5, 0.6) is 0 Å². The summed E-state index contributed by atoms with van der Waals surface area (Å²) in [5.41, 5.74) is 5.64. The van der Waals surface area contributed by atoms with E-state index in [1.54, 1.807) is 29.2 Å². The number of thioether (sulfide) groups is 1. The van der Waals surface area contributed by atoms with Gasteiger partial charge in [-0.05, 0) is 24.9 Å². The Labute approximate surface area is 105 Å². The molecule has 0 aliphatic rings. The molecule has 0 aromatic carbocycles. The van der Waals surface area contributed by atoms with Gasteiger partial charge in [0.05, 0.1) is 0 Å². The quantitative estimate of drug-likeness (QED) is 0.676. The zero-order valence-corrected chi connectivity index (χ0v) is 11.1. The van der Waals surface area contributed by atoms with E-state index in [-0.39, 0.29) is 0 Å². The Morgan fingerprint density at radius 3 is 2.62 bits per heavy atom. The largest absolute Gasteiger partial charge is 0.384 e. The molecule has 2 aromatic rings. The Kier molecular flexibility index (Phi) is 3.62. The molecular weight excluding hydrogens is 262 g/mol. The van der Waals surface area contributed by atoms with Crippen molar-refractivity contribution in [3.05, 3.63) is 11.9 Å². The number of nitrogen functional groups attached to an aromatic ring is 1. The Bertz CT molecular complexity index is 478. The van der Waals surface area contributed by atoms with Crippen LogP contribution in [0, 0.1) is 6.92 Å². The van der Waals surface area contributed by atoms with Crippen LogP contribution in [0.4, 0.5) is 5.82 Å². The van der Waals surface area contributed by atoms with Gasteiger partial charge < -0.3 is 5.73 Å². The summed E-state index contributed by atoms with van der Waals surface area (Å²) < 4.78 is 1.81. The predicted octanol–water partition coefficient (Wildman–Crippen LogP) is 2.09. The summed E-state index contributed by atoms with van der Waals surface area (Å²) in [6, 6.07) is 1.73. The molecule has 0 unspecified atom stereocenters. The average molecular weight is 271 g/mol. The first-order valence-corrected chi connectivity index (χ1v) is 7.19. The maximum Gasteiger partial charge on any atom is 0.181 e. The number of aromatic nitrogens is 4. The summed E-state index contributed by atoms with van der Waals surface area (Å²) in [6.45, 7) is 1.81. The molecule has 0 bridgehead atoms. The third kappa shape index (κ3) is 2.83. The van der Waals surface area contributed by atoms with Crippen LogP contribution in [-0.2, 0) is 0 Å². The Balaban J connectivity index is 2.19. The number of rotatable bonds is 3. The molecular formula is C8H9N5S3. The van der Waals surface area contributed by atoms with E-state index in [9.17, 15) is 0 Å². The Hall–Kier alpha value is -0.860. The molecule has 5 nitrogen and oxygen atoms in total. The van der Waals surface area contributed by atoms with Crippen molar-refractivity contribution >= 4 is 40.7 Å². The van der Waals surface area contributed by atoms with Crippen LogP contribution in [0.25, 0.3) is 0 Å². The monoisotopic (exact) mass is 271 g/mol. The van der Waals surface area contributed by atoms with Gasteiger partial charge in [0, 0.05) is 6.07 Å². The average Bonchev–Trinajstić information content (AvgIpc) is 2.64. The van der Waals surface area contributed by atoms with Gasteiger partial charge in [0.1, 0.15) is 16.7 Å². The number of hydrogen-bond donors (Lipinski definition) is 1. The van der Waals surface area contributed by atoms with Crippen molar-refractivity contribution in [2.75, 3.05) is 12.0 Å². The highest BCUT2D eigenvalue weighted by atomic mass is 32.2. The van der Waals surface area contributed by atoms with Crippen molar-refractivity contribution in [2.45, 2.75) is 20.6 Å². The zero-order valence-electron chi connectivity index (χ0n) is 8.67. The Morgan fingerprint density at radius 1 is 1.25 bits per heavy atom. The number of anilines is 1. The van der Waals surface area contributed by atoms with Gasteiger partial charge in [-0.25, -0.2) is 9.97 Å². The fraction of sp³-hybridized carbons (Fsp3) is 0.250. The number of nitrogens with zero attached hydrogens (tertiary/aromatic N) is 4. The van der Waals surface area contributed by atoms with E-state index in [4.69, 9.17) is 5.73 Å². The maximum atomic E-state index is 5.64. The molecule has 0 fully saturated rings. The molecule has 0 aliphatic carbocycles. The third-order valence-electron chi connectivity index (χ3n) is 1.59. The van der Waals surface area contributed by atoms with Gasteiger partial charge in [0.2, 0.25) is 0 Å². The molecule has 0 atom stereocenters. The fourth-order valence-electron chi connectivity index (χ4n) is 1.03. The first-order valence-electron chi connectivity index (χ1n) is 4.34. The fourth-order valence-corrected chi connectivity index (χ4v) is 3.47. The van der Waals surface area contributed by atoms with Gasteiger partial charge in [0.25, 0.3) is 0 Å². The summed E-state index contributed by atoms with van der Waals surface area (Å²) in [5.74, 6) is 1.14. The van der Waals surface area contributed by atoms with Crippen molar-refractivity contribution in [1.82, 2.24) is 20.2 Å². The highest BCUT2D eigenvalue weighted by Gasteiger charge is 2.07. The second kappa shape index (κ2) is 4.98. The molecule has 84 valence electrons. The number of nitrogens with two attached hydrogens (primary N) is 1. The van der Waals surface area contributed by atoms with Crippen molar-refractivity contribution in [1.29, 1.82) is 0 Å². The van der Waals surface area contributed by atoms with Crippen molar-refractivity contribution in [2.24, 2.45) is 0 Å². The summed E-state index contributed by atoms with van der Waals surface area (Å²) >= 11 is 4.58. The van der Waals surface area contributed by atoms with Crippen molar-refractivity contribution < 1.29 is 0 Å². The topological polar surface area (TPSA) is 77.6 Å². The second-order valence-corrected chi connectivity index (χ2v) is 6.12. The van der Waals surface area contributed by atoms with E-state index in [2.05, 4.69) is 20.2 Å². The van der Waals surface area contributed by atoms with Crippen LogP contribution in [0.2, 0.25) is 0 Å². The zero-order chi connectivity index (χ0) is 11.5. The van der Waals surface area contributed by atoms with Crippen molar-refractivity contribution in [3.63, 3.8) is 0 Å². The Morgan fingerprint density at radius 2 is 2.00 bits per heavy atom. The van der Waals surface area contributed by atoms with Gasteiger partial charge in [0.15, 0.2) is 8.68 Å². The first kappa shape index (κ1) is 11.6. The molecule has 2 aromatic heterocycles. The lowest BCUT2D eigenvalue weighted by Gasteiger charge is -1.99. The molecule has 0 saturated carbocycles.